The lowest BCUT2D eigenvalue weighted by atomic mass is 10.1. The molecule has 2 rings (SSSR count). The maximum absolute atomic E-state index is 12.6. The molecule has 0 amide bonds. The Labute approximate surface area is 134 Å². The third-order valence-corrected chi connectivity index (χ3v) is 5.70. The third kappa shape index (κ3) is 3.73. The molecule has 1 heterocycles. The van der Waals surface area contributed by atoms with Crippen molar-refractivity contribution in [2.45, 2.75) is 31.0 Å². The van der Waals surface area contributed by atoms with Gasteiger partial charge in [0.05, 0.1) is 10.5 Å². The number of hydrogen-bond donors (Lipinski definition) is 1. The van der Waals surface area contributed by atoms with Crippen molar-refractivity contribution in [3.05, 3.63) is 29.3 Å². The van der Waals surface area contributed by atoms with Crippen molar-refractivity contribution in [1.82, 2.24) is 9.62 Å². The molecular formula is C13H18ClF3N2O2S. The predicted molar refractivity (Wildman–Crippen MR) is 79.7 cm³/mol. The smallest absolute Gasteiger partial charge is 0.314 e. The van der Waals surface area contributed by atoms with E-state index in [9.17, 15) is 21.6 Å². The number of halogens is 4. The molecule has 0 unspecified atom stereocenters. The van der Waals surface area contributed by atoms with Gasteiger partial charge in [0.25, 0.3) is 0 Å². The molecule has 0 spiro atoms. The van der Waals surface area contributed by atoms with Crippen LogP contribution in [-0.4, -0.2) is 38.4 Å². The Morgan fingerprint density at radius 1 is 1.32 bits per heavy atom. The first-order valence-corrected chi connectivity index (χ1v) is 7.98. The van der Waals surface area contributed by atoms with Crippen LogP contribution in [0.2, 0.25) is 0 Å². The lowest BCUT2D eigenvalue weighted by Gasteiger charge is -2.33. The summed E-state index contributed by atoms with van der Waals surface area (Å²) in [7, 11) is -3.78. The largest absolute Gasteiger partial charge is 0.416 e. The highest BCUT2D eigenvalue weighted by Gasteiger charge is 2.34. The van der Waals surface area contributed by atoms with E-state index in [4.69, 9.17) is 0 Å². The van der Waals surface area contributed by atoms with Crippen molar-refractivity contribution in [1.29, 1.82) is 0 Å². The van der Waals surface area contributed by atoms with Gasteiger partial charge < -0.3 is 5.32 Å². The van der Waals surface area contributed by atoms with Gasteiger partial charge >= 0.3 is 6.18 Å². The van der Waals surface area contributed by atoms with Gasteiger partial charge in [-0.15, -0.1) is 12.4 Å². The zero-order valence-corrected chi connectivity index (χ0v) is 13.8. The Morgan fingerprint density at radius 2 is 1.95 bits per heavy atom. The van der Waals surface area contributed by atoms with E-state index in [0.717, 1.165) is 18.2 Å². The summed E-state index contributed by atoms with van der Waals surface area (Å²) in [5.41, 5.74) is -0.733. The average Bonchev–Trinajstić information content (AvgIpc) is 2.37. The van der Waals surface area contributed by atoms with Gasteiger partial charge in [-0.2, -0.15) is 17.5 Å². The fraction of sp³-hybridized carbons (Fsp3) is 0.538. The van der Waals surface area contributed by atoms with Crippen molar-refractivity contribution in [3.8, 4) is 0 Å². The molecule has 1 saturated heterocycles. The molecule has 1 N–H and O–H groups in total. The van der Waals surface area contributed by atoms with Gasteiger partial charge in [-0.05, 0) is 37.6 Å². The second kappa shape index (κ2) is 6.74. The molecule has 126 valence electrons. The number of nitrogens with one attached hydrogen (secondary N) is 1. The van der Waals surface area contributed by atoms with Gasteiger partial charge in [0.2, 0.25) is 10.0 Å². The van der Waals surface area contributed by atoms with Crippen molar-refractivity contribution in [2.75, 3.05) is 19.6 Å². The highest BCUT2D eigenvalue weighted by Crippen LogP contribution is 2.32. The first kappa shape index (κ1) is 19.2. The summed E-state index contributed by atoms with van der Waals surface area (Å²) >= 11 is 0. The first-order valence-electron chi connectivity index (χ1n) is 6.54. The summed E-state index contributed by atoms with van der Waals surface area (Å²) in [4.78, 5) is -0.0655. The molecule has 1 aromatic carbocycles. The Balaban J connectivity index is 0.00000242. The Morgan fingerprint density at radius 3 is 2.45 bits per heavy atom. The van der Waals surface area contributed by atoms with Gasteiger partial charge in [-0.1, -0.05) is 0 Å². The molecule has 4 nitrogen and oxygen atoms in total. The molecular weight excluding hydrogens is 341 g/mol. The number of benzene rings is 1. The van der Waals surface area contributed by atoms with Gasteiger partial charge in [-0.3, -0.25) is 0 Å². The van der Waals surface area contributed by atoms with Crippen molar-refractivity contribution in [3.63, 3.8) is 0 Å². The summed E-state index contributed by atoms with van der Waals surface area (Å²) in [5.74, 6) is 0. The Kier molecular flexibility index (Phi) is 5.88. The normalized spacial score (nSPS) is 20.5. The number of alkyl halides is 3. The molecule has 0 radical (unpaired) electrons. The van der Waals surface area contributed by atoms with Crippen molar-refractivity contribution < 1.29 is 21.6 Å². The van der Waals surface area contributed by atoms with Crippen LogP contribution < -0.4 is 5.32 Å². The molecule has 0 aromatic heterocycles. The van der Waals surface area contributed by atoms with E-state index in [1.54, 1.807) is 6.92 Å². The van der Waals surface area contributed by atoms with Gasteiger partial charge in [-0.25, -0.2) is 8.42 Å². The third-order valence-electron chi connectivity index (χ3n) is 3.53. The summed E-state index contributed by atoms with van der Waals surface area (Å²) in [6, 6.07) is 2.50. The van der Waals surface area contributed by atoms with E-state index in [0.29, 0.717) is 19.6 Å². The van der Waals surface area contributed by atoms with E-state index < -0.39 is 21.8 Å². The van der Waals surface area contributed by atoms with Crippen LogP contribution in [0.5, 0.6) is 0 Å². The van der Waals surface area contributed by atoms with E-state index >= 15 is 0 Å². The zero-order chi connectivity index (χ0) is 15.8. The molecule has 9 heteroatoms. The molecule has 1 aromatic rings. The Bertz CT molecular complexity index is 635. The number of hydrogen-bond acceptors (Lipinski definition) is 3. The summed E-state index contributed by atoms with van der Waals surface area (Å²) in [6.45, 7) is 4.52. The van der Waals surface area contributed by atoms with Crippen LogP contribution in [0.25, 0.3) is 0 Å². The first-order chi connectivity index (χ1) is 9.64. The quantitative estimate of drug-likeness (QED) is 0.883. The number of piperazine rings is 1. The van der Waals surface area contributed by atoms with E-state index in [2.05, 4.69) is 5.32 Å². The van der Waals surface area contributed by atoms with Crippen LogP contribution >= 0.6 is 12.4 Å². The van der Waals surface area contributed by atoms with Crippen LogP contribution in [0, 0.1) is 6.92 Å². The monoisotopic (exact) mass is 358 g/mol. The average molecular weight is 359 g/mol. The SMILES string of the molecule is Cc1cc(C(F)(F)F)ccc1S(=O)(=O)N1CCNC[C@@H]1C.Cl. The molecule has 1 aliphatic rings. The molecule has 1 aliphatic heterocycles. The molecule has 1 atom stereocenters. The van der Waals surface area contributed by atoms with Crippen LogP contribution in [-0.2, 0) is 16.2 Å². The molecule has 0 saturated carbocycles. The number of nitrogens with zero attached hydrogens (tertiary/aromatic N) is 1. The van der Waals surface area contributed by atoms with E-state index in [1.165, 1.54) is 11.2 Å². The summed E-state index contributed by atoms with van der Waals surface area (Å²) in [5, 5.41) is 3.08. The maximum Gasteiger partial charge on any atom is 0.416 e. The molecule has 1 fully saturated rings. The topological polar surface area (TPSA) is 49.4 Å². The molecule has 22 heavy (non-hydrogen) atoms. The second-order valence-electron chi connectivity index (χ2n) is 5.15. The summed E-state index contributed by atoms with van der Waals surface area (Å²) < 4.78 is 64.5. The van der Waals surface area contributed by atoms with Crippen LogP contribution in [0.3, 0.4) is 0 Å². The fourth-order valence-corrected chi connectivity index (χ4v) is 4.26. The second-order valence-corrected chi connectivity index (χ2v) is 7.01. The highest BCUT2D eigenvalue weighted by molar-refractivity contribution is 7.89. The molecule has 0 aliphatic carbocycles. The number of sulfonamides is 1. The minimum atomic E-state index is -4.48. The van der Waals surface area contributed by atoms with Crippen LogP contribution in [0.4, 0.5) is 13.2 Å². The Hall–Kier alpha value is -0.830. The number of aryl methyl sites for hydroxylation is 1. The lowest BCUT2D eigenvalue weighted by molar-refractivity contribution is -0.137. The van der Waals surface area contributed by atoms with E-state index in [-0.39, 0.29) is 28.9 Å². The van der Waals surface area contributed by atoms with Crippen molar-refractivity contribution >= 4 is 22.4 Å². The number of rotatable bonds is 2. The van der Waals surface area contributed by atoms with Gasteiger partial charge in [0, 0.05) is 25.7 Å². The zero-order valence-electron chi connectivity index (χ0n) is 12.1. The standard InChI is InChI=1S/C13H17F3N2O2S.ClH/c1-9-7-11(13(14,15)16)3-4-12(9)21(19,20)18-6-5-17-8-10(18)2;/h3-4,7,10,17H,5-6,8H2,1-2H3;1H/t10-;/m0./s1. The summed E-state index contributed by atoms with van der Waals surface area (Å²) in [6.07, 6.45) is -4.48. The lowest BCUT2D eigenvalue weighted by Crippen LogP contribution is -2.52. The van der Waals surface area contributed by atoms with Crippen LogP contribution in [0.1, 0.15) is 18.1 Å². The molecule has 0 bridgehead atoms. The maximum atomic E-state index is 12.6. The van der Waals surface area contributed by atoms with Crippen LogP contribution in [0.15, 0.2) is 23.1 Å². The van der Waals surface area contributed by atoms with Crippen molar-refractivity contribution in [2.24, 2.45) is 0 Å². The van der Waals surface area contributed by atoms with Gasteiger partial charge in [0.15, 0.2) is 0 Å². The van der Waals surface area contributed by atoms with E-state index in [1.807, 2.05) is 0 Å². The minimum absolute atomic E-state index is 0. The fourth-order valence-electron chi connectivity index (χ4n) is 2.42. The predicted octanol–water partition coefficient (Wildman–Crippen LogP) is 2.42. The minimum Gasteiger partial charge on any atom is -0.314 e. The highest BCUT2D eigenvalue weighted by atomic mass is 35.5. The van der Waals surface area contributed by atoms with Gasteiger partial charge in [0.1, 0.15) is 0 Å².